The molecule has 3 aromatic heterocycles. The molecule has 6 aliphatic rings. The van der Waals surface area contributed by atoms with E-state index in [2.05, 4.69) is 35.2 Å². The van der Waals surface area contributed by atoms with Crippen molar-refractivity contribution in [3.63, 3.8) is 0 Å². The van der Waals surface area contributed by atoms with Crippen molar-refractivity contribution in [3.05, 3.63) is 191 Å². The number of amides is 4. The van der Waals surface area contributed by atoms with Gasteiger partial charge in [-0.3, -0.25) is 54.1 Å². The number of halogens is 7. The van der Waals surface area contributed by atoms with Crippen LogP contribution >= 0.6 is 22.3 Å². The second-order valence-corrected chi connectivity index (χ2v) is 33.0. The first-order valence-electron chi connectivity index (χ1n) is 37.5. The molecule has 5 heterocycles. The van der Waals surface area contributed by atoms with Crippen LogP contribution in [0.5, 0.6) is 0 Å². The van der Waals surface area contributed by atoms with Crippen LogP contribution in [-0.4, -0.2) is 114 Å². The van der Waals surface area contributed by atoms with Crippen molar-refractivity contribution in [2.24, 2.45) is 5.92 Å². The van der Waals surface area contributed by atoms with Crippen LogP contribution in [0.3, 0.4) is 0 Å². The van der Waals surface area contributed by atoms with E-state index < -0.39 is 77.7 Å². The topological polar surface area (TPSA) is 264 Å². The van der Waals surface area contributed by atoms with Gasteiger partial charge in [0.25, 0.3) is 9.05 Å². The lowest BCUT2D eigenvalue weighted by Crippen LogP contribution is -2.60. The van der Waals surface area contributed by atoms with Gasteiger partial charge in [-0.05, 0) is 166 Å². The molecule has 21 nitrogen and oxygen atoms in total. The minimum atomic E-state index is -4.16. The number of nitriles is 1. The summed E-state index contributed by atoms with van der Waals surface area (Å²) in [5.41, 5.74) is 4.29. The molecule has 111 heavy (non-hydrogen) atoms. The van der Waals surface area contributed by atoms with Gasteiger partial charge < -0.3 is 24.6 Å². The number of aromatic nitrogens is 6. The van der Waals surface area contributed by atoms with E-state index >= 15 is 0 Å². The summed E-state index contributed by atoms with van der Waals surface area (Å²) in [6, 6.07) is 20.5. The summed E-state index contributed by atoms with van der Waals surface area (Å²) >= 11 is 5.30. The van der Waals surface area contributed by atoms with Crippen LogP contribution in [0.1, 0.15) is 235 Å². The number of carbonyl (C=O) groups excluding carboxylic acids is 5. The number of carbonyl (C=O) groups is 5. The number of para-hydroxylation sites is 3. The van der Waals surface area contributed by atoms with E-state index in [0.29, 0.717) is 85.1 Å². The van der Waals surface area contributed by atoms with Gasteiger partial charge in [-0.25, -0.2) is 40.0 Å². The zero-order chi connectivity index (χ0) is 79.3. The first-order chi connectivity index (χ1) is 52.4. The van der Waals surface area contributed by atoms with Crippen LogP contribution in [0.15, 0.2) is 127 Å². The monoisotopic (exact) mass is 1590 g/mol. The summed E-state index contributed by atoms with van der Waals surface area (Å²) in [5, 5.41) is 10.9. The van der Waals surface area contributed by atoms with E-state index in [4.69, 9.17) is 37.0 Å². The SMILES string of the molecule is C.CC(C)(C)OC(=O)N1CC[C@@H]1C(=O)Cl.CC(C)(C)OC(=O)N1CC[C@@H]1C(=O)N(Cc1cnc(C2CCCCC2)cn1)c1ccccc1F.Fc1ccccc1NCc1cnc(C2CCCCC2)cn1.N#Cc1cc(S(=O)(=O)Cl)cc(F)c1F.O=C(C1CCC1)N(Cc1cnc(C2CCCCC2)cn1)c1ccccc1F. The highest BCUT2D eigenvalue weighted by Gasteiger charge is 2.43. The van der Waals surface area contributed by atoms with E-state index in [1.54, 1.807) is 120 Å². The van der Waals surface area contributed by atoms with E-state index in [0.717, 1.165) is 54.9 Å². The predicted molar refractivity (Wildman–Crippen MR) is 414 cm³/mol. The lowest BCUT2D eigenvalue weighted by Gasteiger charge is -2.42. The molecule has 2 atom stereocenters. The highest BCUT2D eigenvalue weighted by molar-refractivity contribution is 8.13. The van der Waals surface area contributed by atoms with Crippen LogP contribution in [0.25, 0.3) is 0 Å². The summed E-state index contributed by atoms with van der Waals surface area (Å²) < 4.78 is 100. The number of nitrogens with one attached hydrogen (secondary N) is 1. The van der Waals surface area contributed by atoms with Crippen molar-refractivity contribution >= 4 is 77.6 Å². The molecule has 1 N–H and O–H groups in total. The Morgan fingerprint density at radius 1 is 0.523 bits per heavy atom. The van der Waals surface area contributed by atoms with E-state index in [1.165, 1.54) is 122 Å². The number of rotatable bonds is 16. The Labute approximate surface area is 656 Å². The van der Waals surface area contributed by atoms with Crippen LogP contribution in [0.2, 0.25) is 0 Å². The maximum atomic E-state index is 14.7. The van der Waals surface area contributed by atoms with Gasteiger partial charge in [0.15, 0.2) is 11.6 Å². The molecule has 2 saturated heterocycles. The van der Waals surface area contributed by atoms with Gasteiger partial charge in [0.1, 0.15) is 46.8 Å². The third-order valence-electron chi connectivity index (χ3n) is 19.7. The number of likely N-dealkylation sites (tertiary alicyclic amines) is 2. The molecule has 0 unspecified atom stereocenters. The summed E-state index contributed by atoms with van der Waals surface area (Å²) in [5.74, 6) is -2.83. The Bertz CT molecular complexity index is 4420. The van der Waals surface area contributed by atoms with E-state index in [-0.39, 0.29) is 55.6 Å². The van der Waals surface area contributed by atoms with Crippen LogP contribution in [0, 0.1) is 46.3 Å². The number of hydrogen-bond acceptors (Lipinski definition) is 17. The van der Waals surface area contributed by atoms with Gasteiger partial charge in [0, 0.05) is 66.0 Å². The molecule has 13 rings (SSSR count). The average molecular weight is 1590 g/mol. The molecule has 6 fully saturated rings. The fraction of sp³-hybridized carbons (Fsp3) is 0.488. The molecular formula is C82H99Cl2F5N12O9S. The lowest BCUT2D eigenvalue weighted by atomic mass is 9.84. The van der Waals surface area contributed by atoms with Gasteiger partial charge in [-0.15, -0.1) is 0 Å². The molecule has 0 radical (unpaired) electrons. The summed E-state index contributed by atoms with van der Waals surface area (Å²) in [6.07, 6.45) is 32.2. The maximum Gasteiger partial charge on any atom is 0.410 e. The van der Waals surface area contributed by atoms with E-state index in [9.17, 15) is 54.3 Å². The van der Waals surface area contributed by atoms with Gasteiger partial charge in [-0.1, -0.05) is 108 Å². The van der Waals surface area contributed by atoms with Crippen molar-refractivity contribution in [3.8, 4) is 6.07 Å². The van der Waals surface area contributed by atoms with Gasteiger partial charge in [0.05, 0.1) is 99.9 Å². The maximum absolute atomic E-state index is 14.7. The molecular weight excluding hydrogens is 1490 g/mol. The fourth-order valence-electron chi connectivity index (χ4n) is 13.4. The van der Waals surface area contributed by atoms with Crippen molar-refractivity contribution in [2.75, 3.05) is 28.2 Å². The van der Waals surface area contributed by atoms with Gasteiger partial charge in [-0.2, -0.15) is 5.26 Å². The van der Waals surface area contributed by atoms with Crippen molar-refractivity contribution in [1.29, 1.82) is 5.26 Å². The summed E-state index contributed by atoms with van der Waals surface area (Å²) in [7, 11) is 0.725. The molecule has 4 aliphatic carbocycles. The first kappa shape index (κ1) is 87.3. The molecule has 4 saturated carbocycles. The predicted octanol–water partition coefficient (Wildman–Crippen LogP) is 18.6. The van der Waals surface area contributed by atoms with Crippen LogP contribution in [-0.2, 0) is 52.5 Å². The van der Waals surface area contributed by atoms with Crippen molar-refractivity contribution < 1.29 is 63.8 Å². The Morgan fingerprint density at radius 3 is 1.28 bits per heavy atom. The average Bonchev–Trinajstić information content (AvgIpc) is 0.788. The summed E-state index contributed by atoms with van der Waals surface area (Å²) in [4.78, 5) is 93.6. The number of benzene rings is 4. The lowest BCUT2D eigenvalue weighted by molar-refractivity contribution is -0.128. The third kappa shape index (κ3) is 25.4. The Morgan fingerprint density at radius 2 is 0.928 bits per heavy atom. The van der Waals surface area contributed by atoms with Crippen molar-refractivity contribution in [2.45, 2.75) is 243 Å². The molecule has 4 aromatic carbocycles. The van der Waals surface area contributed by atoms with Gasteiger partial charge in [0.2, 0.25) is 17.1 Å². The van der Waals surface area contributed by atoms with Crippen LogP contribution < -0.4 is 15.1 Å². The highest BCUT2D eigenvalue weighted by atomic mass is 35.7. The van der Waals surface area contributed by atoms with Crippen LogP contribution in [0.4, 0.5) is 48.6 Å². The molecule has 0 spiro atoms. The Balaban J connectivity index is 0.000000181. The number of anilines is 3. The highest BCUT2D eigenvalue weighted by Crippen LogP contribution is 2.37. The molecule has 2 aliphatic heterocycles. The Hall–Kier alpha value is -9.26. The summed E-state index contributed by atoms with van der Waals surface area (Å²) in [6.45, 7) is 12.5. The quantitative estimate of drug-likeness (QED) is 0.0696. The Kier molecular flexibility index (Phi) is 32.1. The second kappa shape index (κ2) is 40.8. The minimum Gasteiger partial charge on any atom is -0.444 e. The zero-order valence-electron chi connectivity index (χ0n) is 62.8. The third-order valence-corrected chi connectivity index (χ3v) is 21.3. The van der Waals surface area contributed by atoms with Gasteiger partial charge >= 0.3 is 12.2 Å². The number of ether oxygens (including phenoxy) is 2. The molecule has 29 heteroatoms. The molecule has 596 valence electrons. The number of nitrogens with zero attached hydrogens (tertiary/aromatic N) is 11. The smallest absolute Gasteiger partial charge is 0.410 e. The standard InChI is InChI=1S/C26H33FN4O3.C22H26FN3O.C17H20FN3.C9H14ClNO3.C7H2ClF2NO2S.CH4/c1-26(2,3)34-25(33)30-14-13-23(30)24(32)31(22-12-8-7-11-20(22)27)17-19-15-29-21(16-28-19)18-9-5-4-6-10-18;23-19-11-4-5-12-21(19)26(22(27)17-9-6-10-17)15-18-13-25-20(14-24-18)16-7-2-1-3-8-16;18-15-8-4-5-9-16(15)20-10-14-11-21-17(12-19-14)13-6-2-1-3-7-13;1-9(2,3)14-8(13)11-5-4-6(11)7(10)12;8-14(12,13)5-1-4(3-11)7(10)6(9)2-5;/h7-8,11-12,15-16,18,23H,4-6,9-10,13-14,17H2,1-3H3;4-5,11-14,16-17H,1-3,6-10,15H2;4-5,8-9,11-13,20H,1-3,6-7,10H2;6H,4-5H2,1-3H3;1-2H;1H4/t23-;;;6-;;/m1..1../s1. The molecule has 7 aromatic rings. The molecule has 0 bridgehead atoms. The largest absolute Gasteiger partial charge is 0.444 e. The molecule has 4 amide bonds. The second-order valence-electron chi connectivity index (χ2n) is 30.1. The first-order valence-corrected chi connectivity index (χ1v) is 40.2. The zero-order valence-corrected chi connectivity index (χ0v) is 65.2. The van der Waals surface area contributed by atoms with E-state index in [1.807, 2.05) is 18.5 Å². The normalized spacial score (nSPS) is 17.3. The number of hydrogen-bond donors (Lipinski definition) is 1. The van der Waals surface area contributed by atoms with Crippen molar-refractivity contribution in [1.82, 2.24) is 39.7 Å². The minimum absolute atomic E-state index is 0. The fourth-order valence-corrected chi connectivity index (χ4v) is 14.4.